The maximum atomic E-state index is 12.8. The van der Waals surface area contributed by atoms with Crippen LogP contribution in [0, 0.1) is 10.1 Å². The fourth-order valence-electron chi connectivity index (χ4n) is 3.25. The van der Waals surface area contributed by atoms with Crippen molar-refractivity contribution in [1.29, 1.82) is 0 Å². The zero-order chi connectivity index (χ0) is 21.8. The van der Waals surface area contributed by atoms with Crippen LogP contribution in [-0.4, -0.2) is 57.1 Å². The fourth-order valence-corrected chi connectivity index (χ4v) is 3.50. The first-order chi connectivity index (χ1) is 15.0. The Balaban J connectivity index is 1.36. The van der Waals surface area contributed by atoms with Crippen molar-refractivity contribution in [3.8, 4) is 0 Å². The molecule has 2 aromatic heterocycles. The Morgan fingerprint density at radius 2 is 1.90 bits per heavy atom. The highest BCUT2D eigenvalue weighted by atomic mass is 35.5. The van der Waals surface area contributed by atoms with Crippen molar-refractivity contribution >= 4 is 40.5 Å². The Morgan fingerprint density at radius 1 is 1.10 bits per heavy atom. The number of nitro benzene ring substituents is 1. The van der Waals surface area contributed by atoms with Crippen LogP contribution < -0.4 is 10.2 Å². The molecule has 1 N–H and O–H groups in total. The van der Waals surface area contributed by atoms with Gasteiger partial charge in [0.2, 0.25) is 0 Å². The summed E-state index contributed by atoms with van der Waals surface area (Å²) in [5, 5.41) is 22.5. The summed E-state index contributed by atoms with van der Waals surface area (Å²) in [6, 6.07) is 11.3. The molecule has 3 aromatic rings. The van der Waals surface area contributed by atoms with Gasteiger partial charge in [0.1, 0.15) is 0 Å². The molecule has 1 aliphatic heterocycles. The molecule has 1 saturated heterocycles. The number of rotatable bonds is 5. The summed E-state index contributed by atoms with van der Waals surface area (Å²) < 4.78 is 0. The number of non-ortho nitro benzene ring substituents is 1. The molecular weight excluding hydrogens is 422 g/mol. The van der Waals surface area contributed by atoms with Gasteiger partial charge in [0.25, 0.3) is 11.6 Å². The van der Waals surface area contributed by atoms with Crippen LogP contribution in [0.25, 0.3) is 0 Å². The van der Waals surface area contributed by atoms with E-state index in [9.17, 15) is 14.9 Å². The average Bonchev–Trinajstić information content (AvgIpc) is 2.80. The van der Waals surface area contributed by atoms with Crippen LogP contribution in [0.3, 0.4) is 0 Å². The van der Waals surface area contributed by atoms with Crippen LogP contribution in [0.1, 0.15) is 10.4 Å². The van der Waals surface area contributed by atoms with Gasteiger partial charge in [-0.05, 0) is 30.3 Å². The van der Waals surface area contributed by atoms with Gasteiger partial charge in [-0.3, -0.25) is 19.9 Å². The predicted molar refractivity (Wildman–Crippen MR) is 116 cm³/mol. The Morgan fingerprint density at radius 3 is 2.52 bits per heavy atom. The maximum absolute atomic E-state index is 12.8. The fraction of sp³-hybridized carbons (Fsp3) is 0.200. The van der Waals surface area contributed by atoms with Crippen LogP contribution >= 0.6 is 11.6 Å². The van der Waals surface area contributed by atoms with E-state index in [1.807, 2.05) is 29.2 Å². The van der Waals surface area contributed by atoms with Gasteiger partial charge in [-0.2, -0.15) is 0 Å². The van der Waals surface area contributed by atoms with Crippen LogP contribution in [0.5, 0.6) is 0 Å². The van der Waals surface area contributed by atoms with E-state index in [1.54, 1.807) is 17.3 Å². The molecule has 1 amide bonds. The number of hydrogen-bond acceptors (Lipinski definition) is 8. The van der Waals surface area contributed by atoms with Crippen LogP contribution in [-0.2, 0) is 0 Å². The molecular formula is C20H18ClN7O3. The Bertz CT molecular complexity index is 1090. The third-order valence-electron chi connectivity index (χ3n) is 4.87. The second-order valence-corrected chi connectivity index (χ2v) is 7.25. The molecule has 1 aliphatic rings. The van der Waals surface area contributed by atoms with Crippen molar-refractivity contribution in [2.75, 3.05) is 36.4 Å². The normalized spacial score (nSPS) is 13.7. The van der Waals surface area contributed by atoms with Crippen molar-refractivity contribution in [3.05, 3.63) is 75.6 Å². The van der Waals surface area contributed by atoms with Crippen molar-refractivity contribution in [2.45, 2.75) is 0 Å². The minimum Gasteiger partial charge on any atom is -0.352 e. The molecule has 0 aliphatic carbocycles. The molecule has 0 bridgehead atoms. The van der Waals surface area contributed by atoms with Gasteiger partial charge in [-0.1, -0.05) is 11.6 Å². The smallest absolute Gasteiger partial charge is 0.270 e. The third-order valence-corrected chi connectivity index (χ3v) is 5.18. The largest absolute Gasteiger partial charge is 0.352 e. The number of amides is 1. The minimum absolute atomic E-state index is 0.0733. The lowest BCUT2D eigenvalue weighted by molar-refractivity contribution is -0.384. The van der Waals surface area contributed by atoms with E-state index in [-0.39, 0.29) is 22.2 Å². The third kappa shape index (κ3) is 4.69. The van der Waals surface area contributed by atoms with Crippen molar-refractivity contribution in [1.82, 2.24) is 20.1 Å². The SMILES string of the molecule is O=C(c1ccc([N+](=O)[O-])cc1Cl)N1CCN(c2ccc(Nc3cccnc3)nn2)CC1. The number of benzene rings is 1. The summed E-state index contributed by atoms with van der Waals surface area (Å²) in [5.74, 6) is 1.08. The van der Waals surface area contributed by atoms with E-state index >= 15 is 0 Å². The molecule has 10 nitrogen and oxygen atoms in total. The zero-order valence-electron chi connectivity index (χ0n) is 16.3. The highest BCUT2D eigenvalue weighted by molar-refractivity contribution is 6.34. The number of piperazine rings is 1. The Labute approximate surface area is 182 Å². The Kier molecular flexibility index (Phi) is 5.89. The lowest BCUT2D eigenvalue weighted by Crippen LogP contribution is -2.49. The molecule has 0 unspecified atom stereocenters. The highest BCUT2D eigenvalue weighted by Gasteiger charge is 2.25. The molecule has 4 rings (SSSR count). The predicted octanol–water partition coefficient (Wildman–Crippen LogP) is 3.14. The number of carbonyl (C=O) groups is 1. The quantitative estimate of drug-likeness (QED) is 0.476. The maximum Gasteiger partial charge on any atom is 0.270 e. The van der Waals surface area contributed by atoms with Crippen molar-refractivity contribution in [3.63, 3.8) is 0 Å². The van der Waals surface area contributed by atoms with Gasteiger partial charge in [0.05, 0.1) is 27.4 Å². The number of nitrogens with zero attached hydrogens (tertiary/aromatic N) is 6. The lowest BCUT2D eigenvalue weighted by Gasteiger charge is -2.35. The van der Waals surface area contributed by atoms with Crippen molar-refractivity contribution in [2.24, 2.45) is 0 Å². The van der Waals surface area contributed by atoms with E-state index < -0.39 is 4.92 Å². The zero-order valence-corrected chi connectivity index (χ0v) is 17.1. The van der Waals surface area contributed by atoms with Crippen molar-refractivity contribution < 1.29 is 9.72 Å². The molecule has 3 heterocycles. The minimum atomic E-state index is -0.544. The topological polar surface area (TPSA) is 117 Å². The molecule has 1 aromatic carbocycles. The standard InChI is InChI=1S/C20H18ClN7O3/c21-17-12-15(28(30)31)3-4-16(17)20(29)27-10-8-26(9-11-27)19-6-5-18(24-25-19)23-14-2-1-7-22-13-14/h1-7,12-13H,8-11H2,(H,23,24). The van der Waals surface area contributed by atoms with Gasteiger partial charge in [0, 0.05) is 44.5 Å². The van der Waals surface area contributed by atoms with Crippen LogP contribution in [0.4, 0.5) is 23.0 Å². The number of nitrogens with one attached hydrogen (secondary N) is 1. The number of carbonyl (C=O) groups excluding carboxylic acids is 1. The van der Waals surface area contributed by atoms with E-state index in [4.69, 9.17) is 11.6 Å². The number of halogens is 1. The summed E-state index contributed by atoms with van der Waals surface area (Å²) in [5.41, 5.74) is 0.930. The summed E-state index contributed by atoms with van der Waals surface area (Å²) in [6.45, 7) is 2.12. The first-order valence-electron chi connectivity index (χ1n) is 9.50. The summed E-state index contributed by atoms with van der Waals surface area (Å²) in [6.07, 6.45) is 3.39. The second-order valence-electron chi connectivity index (χ2n) is 6.84. The van der Waals surface area contributed by atoms with E-state index in [0.29, 0.717) is 32.0 Å². The molecule has 0 atom stereocenters. The molecule has 0 saturated carbocycles. The Hall–Kier alpha value is -3.79. The van der Waals surface area contributed by atoms with Gasteiger partial charge in [-0.15, -0.1) is 10.2 Å². The molecule has 1 fully saturated rings. The van der Waals surface area contributed by atoms with Gasteiger partial charge < -0.3 is 15.1 Å². The molecule has 0 spiro atoms. The van der Waals surface area contributed by atoms with Gasteiger partial charge in [-0.25, -0.2) is 0 Å². The number of anilines is 3. The summed E-state index contributed by atoms with van der Waals surface area (Å²) >= 11 is 6.09. The molecule has 0 radical (unpaired) electrons. The van der Waals surface area contributed by atoms with E-state index in [2.05, 4.69) is 20.5 Å². The van der Waals surface area contributed by atoms with E-state index in [0.717, 1.165) is 11.5 Å². The highest BCUT2D eigenvalue weighted by Crippen LogP contribution is 2.24. The first-order valence-corrected chi connectivity index (χ1v) is 9.88. The monoisotopic (exact) mass is 439 g/mol. The summed E-state index contributed by atoms with van der Waals surface area (Å²) in [4.78, 5) is 30.8. The second kappa shape index (κ2) is 8.92. The average molecular weight is 440 g/mol. The van der Waals surface area contributed by atoms with Crippen LogP contribution in [0.15, 0.2) is 54.9 Å². The summed E-state index contributed by atoms with van der Waals surface area (Å²) in [7, 11) is 0. The van der Waals surface area contributed by atoms with Gasteiger partial charge in [0.15, 0.2) is 11.6 Å². The van der Waals surface area contributed by atoms with E-state index in [1.165, 1.54) is 18.2 Å². The molecule has 158 valence electrons. The molecule has 31 heavy (non-hydrogen) atoms. The number of nitro groups is 1. The van der Waals surface area contributed by atoms with Crippen LogP contribution in [0.2, 0.25) is 5.02 Å². The van der Waals surface area contributed by atoms with Gasteiger partial charge >= 0.3 is 0 Å². The lowest BCUT2D eigenvalue weighted by atomic mass is 10.1. The number of aromatic nitrogens is 3. The molecule has 11 heteroatoms. The number of hydrogen-bond donors (Lipinski definition) is 1. The first kappa shape index (κ1) is 20.5. The number of pyridine rings is 1.